The Hall–Kier alpha value is -0.870. The summed E-state index contributed by atoms with van der Waals surface area (Å²) >= 11 is 0. The zero-order valence-electron chi connectivity index (χ0n) is 9.07. The molecule has 4 heteroatoms. The number of nitrogens with one attached hydrogen (secondary N) is 1. The maximum atomic E-state index is 12.0. The number of hydrogen-bond acceptors (Lipinski definition) is 3. The fourth-order valence-corrected chi connectivity index (χ4v) is 4.58. The van der Waals surface area contributed by atoms with Gasteiger partial charge in [0.05, 0.1) is 10.6 Å². The van der Waals surface area contributed by atoms with Crippen LogP contribution < -0.4 is 5.32 Å². The van der Waals surface area contributed by atoms with Gasteiger partial charge in [0.25, 0.3) is 0 Å². The number of sulfone groups is 1. The van der Waals surface area contributed by atoms with Crippen LogP contribution >= 0.6 is 0 Å². The van der Waals surface area contributed by atoms with Gasteiger partial charge < -0.3 is 5.32 Å². The topological polar surface area (TPSA) is 46.2 Å². The lowest BCUT2D eigenvalue weighted by Crippen LogP contribution is -2.16. The highest BCUT2D eigenvalue weighted by molar-refractivity contribution is 7.91. The van der Waals surface area contributed by atoms with E-state index in [4.69, 9.17) is 0 Å². The number of fused-ring (bicyclic) bond motifs is 1. The van der Waals surface area contributed by atoms with E-state index in [1.165, 1.54) is 0 Å². The van der Waals surface area contributed by atoms with Crippen molar-refractivity contribution in [2.75, 3.05) is 12.3 Å². The van der Waals surface area contributed by atoms with Crippen LogP contribution in [0.3, 0.4) is 0 Å². The van der Waals surface area contributed by atoms with Crippen molar-refractivity contribution in [3.63, 3.8) is 0 Å². The van der Waals surface area contributed by atoms with Crippen molar-refractivity contribution < 1.29 is 8.42 Å². The Balaban J connectivity index is 2.16. The lowest BCUT2D eigenvalue weighted by atomic mass is 10.0. The van der Waals surface area contributed by atoms with Crippen molar-refractivity contribution in [1.82, 2.24) is 5.32 Å². The highest BCUT2D eigenvalue weighted by atomic mass is 32.2. The molecular formula is C12H15NO2S. The zero-order chi connectivity index (χ0) is 11.2. The predicted octanol–water partition coefficient (Wildman–Crippen LogP) is 1.44. The molecule has 0 bridgehead atoms. The molecule has 0 spiro atoms. The molecule has 2 aliphatic rings. The summed E-state index contributed by atoms with van der Waals surface area (Å²) in [6.45, 7) is 0.994. The molecule has 0 aromatic heterocycles. The third-order valence-electron chi connectivity index (χ3n) is 3.51. The number of hydrogen-bond donors (Lipinski definition) is 1. The van der Waals surface area contributed by atoms with Gasteiger partial charge in [-0.1, -0.05) is 18.2 Å². The van der Waals surface area contributed by atoms with Crippen molar-refractivity contribution in [1.29, 1.82) is 0 Å². The van der Waals surface area contributed by atoms with Gasteiger partial charge in [0.15, 0.2) is 9.84 Å². The molecule has 2 heterocycles. The van der Waals surface area contributed by atoms with Crippen LogP contribution in [0.1, 0.15) is 30.0 Å². The average molecular weight is 237 g/mol. The quantitative estimate of drug-likeness (QED) is 0.804. The standard InChI is InChI=1S/C12H15NO2S/c14-16(15)8-6-9-3-1-4-10(12(9)16)11-5-2-7-13-11/h1,3-4,11,13H,2,5-8H2. The van der Waals surface area contributed by atoms with E-state index in [9.17, 15) is 8.42 Å². The van der Waals surface area contributed by atoms with Gasteiger partial charge >= 0.3 is 0 Å². The number of aryl methyl sites for hydroxylation is 1. The van der Waals surface area contributed by atoms with Crippen molar-refractivity contribution in [3.05, 3.63) is 29.3 Å². The first-order valence-corrected chi connectivity index (χ1v) is 7.42. The SMILES string of the molecule is O=S1(=O)CCc2cccc(C3CCCN3)c21. The van der Waals surface area contributed by atoms with Gasteiger partial charge in [-0.15, -0.1) is 0 Å². The largest absolute Gasteiger partial charge is 0.310 e. The highest BCUT2D eigenvalue weighted by Crippen LogP contribution is 2.35. The molecule has 1 unspecified atom stereocenters. The molecule has 0 amide bonds. The molecule has 2 aliphatic heterocycles. The summed E-state index contributed by atoms with van der Waals surface area (Å²) in [6.07, 6.45) is 2.86. The summed E-state index contributed by atoms with van der Waals surface area (Å²) in [4.78, 5) is 0.620. The number of benzene rings is 1. The Morgan fingerprint density at radius 2 is 2.19 bits per heavy atom. The molecule has 16 heavy (non-hydrogen) atoms. The third-order valence-corrected chi connectivity index (χ3v) is 5.38. The first-order valence-electron chi connectivity index (χ1n) is 5.76. The molecule has 1 N–H and O–H groups in total. The Morgan fingerprint density at radius 1 is 1.31 bits per heavy atom. The fraction of sp³-hybridized carbons (Fsp3) is 0.500. The second-order valence-corrected chi connectivity index (χ2v) is 6.60. The Labute approximate surface area is 95.8 Å². The van der Waals surface area contributed by atoms with Crippen LogP contribution in [0.15, 0.2) is 23.1 Å². The molecule has 0 saturated carbocycles. The van der Waals surface area contributed by atoms with Crippen LogP contribution in [-0.4, -0.2) is 20.7 Å². The summed E-state index contributed by atoms with van der Waals surface area (Å²) in [6, 6.07) is 6.13. The normalized spacial score (nSPS) is 26.9. The first-order chi connectivity index (χ1) is 7.68. The zero-order valence-corrected chi connectivity index (χ0v) is 9.89. The van der Waals surface area contributed by atoms with E-state index in [0.717, 1.165) is 30.5 Å². The first kappa shape index (κ1) is 10.3. The highest BCUT2D eigenvalue weighted by Gasteiger charge is 2.32. The molecule has 1 aromatic rings. The van der Waals surface area contributed by atoms with Gasteiger partial charge in [0, 0.05) is 6.04 Å². The summed E-state index contributed by atoms with van der Waals surface area (Å²) in [5.41, 5.74) is 2.00. The van der Waals surface area contributed by atoms with E-state index in [0.29, 0.717) is 11.3 Å². The van der Waals surface area contributed by atoms with Gasteiger partial charge in [0.1, 0.15) is 0 Å². The van der Waals surface area contributed by atoms with E-state index in [1.54, 1.807) is 0 Å². The molecule has 3 rings (SSSR count). The fourth-order valence-electron chi connectivity index (χ4n) is 2.75. The van der Waals surface area contributed by atoms with Gasteiger partial charge in [-0.3, -0.25) is 0 Å². The summed E-state index contributed by atoms with van der Waals surface area (Å²) in [5, 5.41) is 3.38. The van der Waals surface area contributed by atoms with Gasteiger partial charge in [0.2, 0.25) is 0 Å². The maximum Gasteiger partial charge on any atom is 0.179 e. The monoisotopic (exact) mass is 237 g/mol. The molecule has 1 saturated heterocycles. The molecule has 0 aliphatic carbocycles. The van der Waals surface area contributed by atoms with Crippen LogP contribution in [0.4, 0.5) is 0 Å². The van der Waals surface area contributed by atoms with Crippen LogP contribution in [0.25, 0.3) is 0 Å². The van der Waals surface area contributed by atoms with Crippen molar-refractivity contribution in [2.24, 2.45) is 0 Å². The summed E-state index contributed by atoms with van der Waals surface area (Å²) in [5.74, 6) is 0.284. The van der Waals surface area contributed by atoms with Crippen LogP contribution in [0.2, 0.25) is 0 Å². The smallest absolute Gasteiger partial charge is 0.179 e. The lowest BCUT2D eigenvalue weighted by Gasteiger charge is -2.14. The van der Waals surface area contributed by atoms with Crippen molar-refractivity contribution >= 4 is 9.84 Å². The van der Waals surface area contributed by atoms with Crippen LogP contribution in [0.5, 0.6) is 0 Å². The molecule has 3 nitrogen and oxygen atoms in total. The second-order valence-electron chi connectivity index (χ2n) is 4.55. The van der Waals surface area contributed by atoms with E-state index >= 15 is 0 Å². The second kappa shape index (κ2) is 3.57. The Morgan fingerprint density at radius 3 is 2.94 bits per heavy atom. The van der Waals surface area contributed by atoms with Crippen LogP contribution in [0, 0.1) is 0 Å². The van der Waals surface area contributed by atoms with Gasteiger partial charge in [-0.25, -0.2) is 8.42 Å². The van der Waals surface area contributed by atoms with E-state index in [1.807, 2.05) is 18.2 Å². The van der Waals surface area contributed by atoms with Gasteiger partial charge in [-0.05, 0) is 36.9 Å². The van der Waals surface area contributed by atoms with Crippen molar-refractivity contribution in [2.45, 2.75) is 30.2 Å². The van der Waals surface area contributed by atoms with E-state index in [-0.39, 0.29) is 11.8 Å². The summed E-state index contributed by atoms with van der Waals surface area (Å²) in [7, 11) is -3.01. The molecule has 86 valence electrons. The third kappa shape index (κ3) is 1.48. The minimum absolute atomic E-state index is 0.239. The molecule has 0 radical (unpaired) electrons. The summed E-state index contributed by atoms with van der Waals surface area (Å²) < 4.78 is 24.0. The minimum atomic E-state index is -3.01. The Kier molecular flexibility index (Phi) is 2.30. The molecule has 1 aromatic carbocycles. The Bertz CT molecular complexity index is 516. The molecule has 1 fully saturated rings. The molecule has 1 atom stereocenters. The van der Waals surface area contributed by atoms with Crippen molar-refractivity contribution in [3.8, 4) is 0 Å². The average Bonchev–Trinajstić information content (AvgIpc) is 2.87. The maximum absolute atomic E-state index is 12.0. The lowest BCUT2D eigenvalue weighted by molar-refractivity contribution is 0.591. The number of rotatable bonds is 1. The van der Waals surface area contributed by atoms with E-state index < -0.39 is 9.84 Å². The molecular weight excluding hydrogens is 222 g/mol. The van der Waals surface area contributed by atoms with Crippen LogP contribution in [-0.2, 0) is 16.3 Å². The predicted molar refractivity (Wildman–Crippen MR) is 62.2 cm³/mol. The minimum Gasteiger partial charge on any atom is -0.310 e. The van der Waals surface area contributed by atoms with Gasteiger partial charge in [-0.2, -0.15) is 0 Å². The van der Waals surface area contributed by atoms with E-state index in [2.05, 4.69) is 5.32 Å².